The predicted octanol–water partition coefficient (Wildman–Crippen LogP) is 2.71. The maximum absolute atomic E-state index is 12.1. The van der Waals surface area contributed by atoms with Crippen LogP contribution >= 0.6 is 11.3 Å². The van der Waals surface area contributed by atoms with Crippen LogP contribution < -0.4 is 5.32 Å². The highest BCUT2D eigenvalue weighted by atomic mass is 32.1. The first-order chi connectivity index (χ1) is 10.0. The number of nitrogens with zero attached hydrogens (tertiary/aromatic N) is 1. The van der Waals surface area contributed by atoms with Crippen LogP contribution in [0.4, 0.5) is 4.79 Å². The minimum atomic E-state index is -0.800. The standard InChI is InChI=1S/C15H22N2O3S/c1-3-11-5-6-12(21-11)9-16-14(20)17-8-7-15(4-2,10-17)13(18)19/h5-6H,3-4,7-10H2,1-2H3,(H,16,20)(H,18,19). The molecule has 0 aromatic carbocycles. The lowest BCUT2D eigenvalue weighted by atomic mass is 9.84. The van der Waals surface area contributed by atoms with E-state index in [0.717, 1.165) is 11.3 Å². The SMILES string of the molecule is CCc1ccc(CNC(=O)N2CCC(CC)(C(=O)O)C2)s1. The van der Waals surface area contributed by atoms with Crippen molar-refractivity contribution in [2.45, 2.75) is 39.7 Å². The molecule has 6 heteroatoms. The van der Waals surface area contributed by atoms with Gasteiger partial charge in [-0.3, -0.25) is 4.79 Å². The molecule has 2 amide bonds. The van der Waals surface area contributed by atoms with E-state index < -0.39 is 11.4 Å². The second-order valence-electron chi connectivity index (χ2n) is 5.49. The summed E-state index contributed by atoms with van der Waals surface area (Å²) in [5, 5.41) is 12.2. The first-order valence-corrected chi connectivity index (χ1v) is 8.16. The van der Waals surface area contributed by atoms with Crippen LogP contribution in [0.1, 0.15) is 36.4 Å². The molecule has 1 atom stereocenters. The zero-order valence-electron chi connectivity index (χ0n) is 12.5. The van der Waals surface area contributed by atoms with Crippen LogP contribution in [0.15, 0.2) is 12.1 Å². The van der Waals surface area contributed by atoms with Crippen LogP contribution in [-0.4, -0.2) is 35.1 Å². The zero-order valence-corrected chi connectivity index (χ0v) is 13.3. The molecule has 0 bridgehead atoms. The lowest BCUT2D eigenvalue weighted by molar-refractivity contribution is -0.148. The monoisotopic (exact) mass is 310 g/mol. The minimum Gasteiger partial charge on any atom is -0.481 e. The summed E-state index contributed by atoms with van der Waals surface area (Å²) in [6.45, 7) is 5.29. The van der Waals surface area contributed by atoms with E-state index in [2.05, 4.69) is 18.3 Å². The molecule has 2 N–H and O–H groups in total. The Balaban J connectivity index is 1.88. The van der Waals surface area contributed by atoms with Crippen molar-refractivity contribution in [1.29, 1.82) is 0 Å². The Morgan fingerprint density at radius 2 is 2.10 bits per heavy atom. The third-order valence-corrected chi connectivity index (χ3v) is 5.48. The molecule has 1 saturated heterocycles. The highest BCUT2D eigenvalue weighted by molar-refractivity contribution is 7.11. The number of thiophene rings is 1. The van der Waals surface area contributed by atoms with Gasteiger partial charge in [-0.05, 0) is 31.4 Å². The number of likely N-dealkylation sites (tertiary alicyclic amines) is 1. The average Bonchev–Trinajstić information content (AvgIpc) is 3.12. The van der Waals surface area contributed by atoms with Gasteiger partial charge in [-0.15, -0.1) is 11.3 Å². The third-order valence-electron chi connectivity index (χ3n) is 4.25. The van der Waals surface area contributed by atoms with Gasteiger partial charge in [0.15, 0.2) is 0 Å². The molecule has 0 saturated carbocycles. The Morgan fingerprint density at radius 1 is 1.38 bits per heavy atom. The molecule has 21 heavy (non-hydrogen) atoms. The molecule has 2 heterocycles. The summed E-state index contributed by atoms with van der Waals surface area (Å²) < 4.78 is 0. The summed E-state index contributed by atoms with van der Waals surface area (Å²) in [4.78, 5) is 27.6. The number of aryl methyl sites for hydroxylation is 1. The van der Waals surface area contributed by atoms with Gasteiger partial charge in [0.1, 0.15) is 0 Å². The van der Waals surface area contributed by atoms with Crippen molar-refractivity contribution in [2.24, 2.45) is 5.41 Å². The van der Waals surface area contributed by atoms with E-state index in [-0.39, 0.29) is 6.03 Å². The van der Waals surface area contributed by atoms with Gasteiger partial charge in [-0.2, -0.15) is 0 Å². The summed E-state index contributed by atoms with van der Waals surface area (Å²) >= 11 is 1.70. The van der Waals surface area contributed by atoms with Gasteiger partial charge in [0, 0.05) is 22.8 Å². The fourth-order valence-corrected chi connectivity index (χ4v) is 3.54. The topological polar surface area (TPSA) is 69.6 Å². The van der Waals surface area contributed by atoms with E-state index in [4.69, 9.17) is 0 Å². The van der Waals surface area contributed by atoms with Gasteiger partial charge in [-0.25, -0.2) is 4.79 Å². The van der Waals surface area contributed by atoms with Gasteiger partial charge in [0.05, 0.1) is 12.0 Å². The van der Waals surface area contributed by atoms with Crippen molar-refractivity contribution < 1.29 is 14.7 Å². The first-order valence-electron chi connectivity index (χ1n) is 7.34. The van der Waals surface area contributed by atoms with Gasteiger partial charge >= 0.3 is 12.0 Å². The molecular weight excluding hydrogens is 288 g/mol. The van der Waals surface area contributed by atoms with E-state index in [1.165, 1.54) is 4.88 Å². The van der Waals surface area contributed by atoms with Crippen LogP contribution in [0, 0.1) is 5.41 Å². The number of carbonyl (C=O) groups is 2. The zero-order chi connectivity index (χ0) is 15.5. The summed E-state index contributed by atoms with van der Waals surface area (Å²) in [5.74, 6) is -0.800. The Labute approximate surface area is 129 Å². The number of hydrogen-bond donors (Lipinski definition) is 2. The summed E-state index contributed by atoms with van der Waals surface area (Å²) in [6, 6.07) is 3.94. The molecule has 1 unspecified atom stereocenters. The molecule has 2 rings (SSSR count). The fraction of sp³-hybridized carbons (Fsp3) is 0.600. The number of urea groups is 1. The number of aliphatic carboxylic acids is 1. The summed E-state index contributed by atoms with van der Waals surface area (Å²) in [6.07, 6.45) is 2.09. The minimum absolute atomic E-state index is 0.168. The summed E-state index contributed by atoms with van der Waals surface area (Å²) in [5.41, 5.74) is -0.768. The molecule has 1 aliphatic rings. The molecular formula is C15H22N2O3S. The fourth-order valence-electron chi connectivity index (χ4n) is 2.64. The van der Waals surface area contributed by atoms with Crippen molar-refractivity contribution >= 4 is 23.3 Å². The molecule has 1 aliphatic heterocycles. The van der Waals surface area contributed by atoms with Crippen molar-refractivity contribution in [2.75, 3.05) is 13.1 Å². The lowest BCUT2D eigenvalue weighted by Crippen LogP contribution is -2.41. The number of carboxylic acids is 1. The maximum Gasteiger partial charge on any atom is 0.317 e. The molecule has 0 aliphatic carbocycles. The van der Waals surface area contributed by atoms with Crippen LogP contribution in [0.25, 0.3) is 0 Å². The quantitative estimate of drug-likeness (QED) is 0.878. The van der Waals surface area contributed by atoms with Gasteiger partial charge in [0.2, 0.25) is 0 Å². The molecule has 0 radical (unpaired) electrons. The largest absolute Gasteiger partial charge is 0.481 e. The number of carbonyl (C=O) groups excluding carboxylic acids is 1. The molecule has 1 aromatic heterocycles. The number of hydrogen-bond acceptors (Lipinski definition) is 3. The normalized spacial score (nSPS) is 21.5. The Bertz CT molecular complexity index is 529. The van der Waals surface area contributed by atoms with Gasteiger partial charge in [-0.1, -0.05) is 13.8 Å². The molecule has 1 aromatic rings. The first kappa shape index (κ1) is 15.8. The maximum atomic E-state index is 12.1. The lowest BCUT2D eigenvalue weighted by Gasteiger charge is -2.23. The van der Waals surface area contributed by atoms with Crippen LogP contribution in [0.5, 0.6) is 0 Å². The van der Waals surface area contributed by atoms with Crippen molar-refractivity contribution in [3.8, 4) is 0 Å². The van der Waals surface area contributed by atoms with Crippen LogP contribution in [-0.2, 0) is 17.8 Å². The average molecular weight is 310 g/mol. The molecule has 0 spiro atoms. The Hall–Kier alpha value is -1.56. The van der Waals surface area contributed by atoms with E-state index in [1.807, 2.05) is 13.0 Å². The Kier molecular flexibility index (Phi) is 4.88. The number of nitrogens with one attached hydrogen (secondary N) is 1. The number of amides is 2. The van der Waals surface area contributed by atoms with Gasteiger partial charge < -0.3 is 15.3 Å². The number of rotatable bonds is 5. The molecule has 116 valence electrons. The van der Waals surface area contributed by atoms with E-state index in [9.17, 15) is 14.7 Å². The highest BCUT2D eigenvalue weighted by Gasteiger charge is 2.44. The van der Waals surface area contributed by atoms with Crippen molar-refractivity contribution in [3.05, 3.63) is 21.9 Å². The predicted molar refractivity (Wildman–Crippen MR) is 82.5 cm³/mol. The highest BCUT2D eigenvalue weighted by Crippen LogP contribution is 2.34. The van der Waals surface area contributed by atoms with Crippen LogP contribution in [0.2, 0.25) is 0 Å². The Morgan fingerprint density at radius 3 is 2.62 bits per heavy atom. The third kappa shape index (κ3) is 3.37. The molecule has 5 nitrogen and oxygen atoms in total. The summed E-state index contributed by atoms with van der Waals surface area (Å²) in [7, 11) is 0. The number of carboxylic acid groups (broad SMARTS) is 1. The molecule has 1 fully saturated rings. The van der Waals surface area contributed by atoms with E-state index >= 15 is 0 Å². The van der Waals surface area contributed by atoms with Crippen LogP contribution in [0.3, 0.4) is 0 Å². The second-order valence-corrected chi connectivity index (χ2v) is 6.74. The van der Waals surface area contributed by atoms with Crippen molar-refractivity contribution in [3.63, 3.8) is 0 Å². The van der Waals surface area contributed by atoms with Gasteiger partial charge in [0.25, 0.3) is 0 Å². The van der Waals surface area contributed by atoms with E-state index in [1.54, 1.807) is 16.2 Å². The van der Waals surface area contributed by atoms with E-state index in [0.29, 0.717) is 32.5 Å². The smallest absolute Gasteiger partial charge is 0.317 e. The van der Waals surface area contributed by atoms with Crippen molar-refractivity contribution in [1.82, 2.24) is 10.2 Å². The second kappa shape index (κ2) is 6.47.